The van der Waals surface area contributed by atoms with Crippen molar-refractivity contribution in [3.63, 3.8) is 0 Å². The molecule has 1 aromatic rings. The zero-order valence-electron chi connectivity index (χ0n) is 7.87. The van der Waals surface area contributed by atoms with E-state index in [1.165, 1.54) is 14.0 Å². The summed E-state index contributed by atoms with van der Waals surface area (Å²) in [6.07, 6.45) is 3.36. The van der Waals surface area contributed by atoms with Crippen LogP contribution in [-0.4, -0.2) is 18.1 Å². The lowest BCUT2D eigenvalue weighted by molar-refractivity contribution is -0.137. The Balaban J connectivity index is 0.000000252. The first-order valence-electron chi connectivity index (χ1n) is 3.68. The maximum absolute atomic E-state index is 9.59. The molecule has 1 rings (SSSR count). The predicted molar refractivity (Wildman–Crippen MR) is 51.7 cm³/mol. The summed E-state index contributed by atoms with van der Waals surface area (Å²) in [5, 5.41) is 0.729. The van der Waals surface area contributed by atoms with Gasteiger partial charge in [0.25, 0.3) is 0 Å². The molecule has 0 saturated carbocycles. The van der Waals surface area contributed by atoms with Gasteiger partial charge in [0.1, 0.15) is 0 Å². The van der Waals surface area contributed by atoms with Crippen LogP contribution in [-0.2, 0) is 9.53 Å². The van der Waals surface area contributed by atoms with Crippen molar-refractivity contribution in [2.45, 2.75) is 13.8 Å². The van der Waals surface area contributed by atoms with Crippen molar-refractivity contribution in [3.8, 4) is 0 Å². The van der Waals surface area contributed by atoms with Crippen LogP contribution in [0.25, 0.3) is 0 Å². The fourth-order valence-electron chi connectivity index (χ4n) is 0.445. The van der Waals surface area contributed by atoms with Crippen LogP contribution in [0.3, 0.4) is 0 Å². The Morgan fingerprint density at radius 2 is 2.15 bits per heavy atom. The quantitative estimate of drug-likeness (QED) is 0.605. The number of rotatable bonds is 0. The zero-order chi connectivity index (χ0) is 10.3. The smallest absolute Gasteiger partial charge is 0.302 e. The Morgan fingerprint density at radius 1 is 1.62 bits per heavy atom. The minimum Gasteiger partial charge on any atom is -0.469 e. The largest absolute Gasteiger partial charge is 0.469 e. The molecule has 0 atom stereocenters. The van der Waals surface area contributed by atoms with Crippen molar-refractivity contribution < 1.29 is 9.53 Å². The van der Waals surface area contributed by atoms with Crippen LogP contribution in [0, 0.1) is 6.92 Å². The predicted octanol–water partition coefficient (Wildman–Crippen LogP) is 2.22. The van der Waals surface area contributed by atoms with E-state index in [1.807, 2.05) is 13.0 Å². The maximum Gasteiger partial charge on any atom is 0.302 e. The fourth-order valence-corrected chi connectivity index (χ4v) is 0.564. The lowest BCUT2D eigenvalue weighted by atomic mass is 10.3. The van der Waals surface area contributed by atoms with Gasteiger partial charge in [0.15, 0.2) is 0 Å². The van der Waals surface area contributed by atoms with E-state index >= 15 is 0 Å². The number of carbonyl (C=O) groups is 1. The number of methoxy groups -OCH3 is 1. The van der Waals surface area contributed by atoms with Crippen LogP contribution in [0.5, 0.6) is 0 Å². The first-order valence-corrected chi connectivity index (χ1v) is 4.06. The molecule has 0 fully saturated rings. The third kappa shape index (κ3) is 6.11. The molecule has 0 amide bonds. The average Bonchev–Trinajstić information content (AvgIpc) is 2.11. The van der Waals surface area contributed by atoms with Gasteiger partial charge in [-0.25, -0.2) is 0 Å². The van der Waals surface area contributed by atoms with Crippen molar-refractivity contribution in [1.82, 2.24) is 4.98 Å². The minimum atomic E-state index is -0.245. The summed E-state index contributed by atoms with van der Waals surface area (Å²) in [4.78, 5) is 13.4. The summed E-state index contributed by atoms with van der Waals surface area (Å²) in [5.74, 6) is -0.245. The van der Waals surface area contributed by atoms with Gasteiger partial charge in [0, 0.05) is 19.3 Å². The van der Waals surface area contributed by atoms with Crippen LogP contribution in [0.1, 0.15) is 12.5 Å². The Labute approximate surface area is 82.7 Å². The zero-order valence-corrected chi connectivity index (χ0v) is 8.63. The molecular weight excluding hydrogens is 190 g/mol. The number of aromatic nitrogens is 1. The van der Waals surface area contributed by atoms with E-state index in [1.54, 1.807) is 12.4 Å². The number of aryl methyl sites for hydroxylation is 1. The second kappa shape index (κ2) is 6.43. The number of ether oxygens (including phenoxy) is 1. The number of carbonyl (C=O) groups excluding carboxylic acids is 1. The summed E-state index contributed by atoms with van der Waals surface area (Å²) >= 11 is 5.65. The molecule has 0 aliphatic heterocycles. The monoisotopic (exact) mass is 201 g/mol. The van der Waals surface area contributed by atoms with E-state index in [-0.39, 0.29) is 5.97 Å². The van der Waals surface area contributed by atoms with Crippen LogP contribution in [0.15, 0.2) is 18.5 Å². The summed E-state index contributed by atoms with van der Waals surface area (Å²) in [6.45, 7) is 3.31. The van der Waals surface area contributed by atoms with Gasteiger partial charge in [-0.05, 0) is 18.6 Å². The topological polar surface area (TPSA) is 39.2 Å². The Hall–Kier alpha value is -1.09. The minimum absolute atomic E-state index is 0.245. The molecular formula is C9H12ClNO2. The highest BCUT2D eigenvalue weighted by Crippen LogP contribution is 2.09. The van der Waals surface area contributed by atoms with Crippen molar-refractivity contribution in [2.24, 2.45) is 0 Å². The van der Waals surface area contributed by atoms with E-state index in [4.69, 9.17) is 11.6 Å². The van der Waals surface area contributed by atoms with E-state index in [9.17, 15) is 4.79 Å². The average molecular weight is 202 g/mol. The number of hydrogen-bond donors (Lipinski definition) is 0. The van der Waals surface area contributed by atoms with E-state index in [0.717, 1.165) is 10.6 Å². The number of halogens is 1. The summed E-state index contributed by atoms with van der Waals surface area (Å²) in [5.41, 5.74) is 1.07. The lowest BCUT2D eigenvalue weighted by Gasteiger charge is -1.90. The molecule has 0 spiro atoms. The second-order valence-electron chi connectivity index (χ2n) is 2.32. The van der Waals surface area contributed by atoms with Crippen LogP contribution < -0.4 is 0 Å². The lowest BCUT2D eigenvalue weighted by Crippen LogP contribution is -1.88. The molecule has 0 radical (unpaired) electrons. The molecule has 13 heavy (non-hydrogen) atoms. The summed E-state index contributed by atoms with van der Waals surface area (Å²) in [7, 11) is 1.35. The number of nitrogens with zero attached hydrogens (tertiary/aromatic N) is 1. The van der Waals surface area contributed by atoms with Gasteiger partial charge >= 0.3 is 5.97 Å². The summed E-state index contributed by atoms with van der Waals surface area (Å²) in [6, 6.07) is 1.88. The molecule has 72 valence electrons. The van der Waals surface area contributed by atoms with Crippen LogP contribution >= 0.6 is 11.6 Å². The second-order valence-corrected chi connectivity index (χ2v) is 2.73. The van der Waals surface area contributed by atoms with Crippen LogP contribution in [0.4, 0.5) is 0 Å². The third-order valence-electron chi connectivity index (χ3n) is 1.26. The van der Waals surface area contributed by atoms with Gasteiger partial charge in [0.05, 0.1) is 12.1 Å². The van der Waals surface area contributed by atoms with Gasteiger partial charge in [0.2, 0.25) is 0 Å². The molecule has 0 aromatic carbocycles. The number of hydrogen-bond acceptors (Lipinski definition) is 3. The fraction of sp³-hybridized carbons (Fsp3) is 0.333. The first-order chi connectivity index (χ1) is 6.07. The molecule has 0 N–H and O–H groups in total. The molecule has 0 bridgehead atoms. The van der Waals surface area contributed by atoms with Gasteiger partial charge in [-0.15, -0.1) is 0 Å². The van der Waals surface area contributed by atoms with Gasteiger partial charge in [-0.3, -0.25) is 9.78 Å². The third-order valence-corrected chi connectivity index (χ3v) is 1.66. The Bertz CT molecular complexity index is 255. The Morgan fingerprint density at radius 3 is 2.38 bits per heavy atom. The summed E-state index contributed by atoms with van der Waals surface area (Å²) < 4.78 is 4.11. The van der Waals surface area contributed by atoms with E-state index < -0.39 is 0 Å². The van der Waals surface area contributed by atoms with Crippen molar-refractivity contribution in [3.05, 3.63) is 29.0 Å². The first kappa shape index (κ1) is 11.9. The highest BCUT2D eigenvalue weighted by Gasteiger charge is 1.87. The molecule has 0 aliphatic carbocycles. The number of esters is 1. The Kier molecular flexibility index (Phi) is 5.89. The standard InChI is InChI=1S/C6H6ClN.C3H6O2/c1-5-2-3-8-4-6(5)7;1-3(4)5-2/h2-4H,1H3;1-2H3. The molecule has 1 heterocycles. The van der Waals surface area contributed by atoms with Crippen molar-refractivity contribution in [1.29, 1.82) is 0 Å². The van der Waals surface area contributed by atoms with Crippen LogP contribution in [0.2, 0.25) is 5.02 Å². The molecule has 0 aliphatic rings. The van der Waals surface area contributed by atoms with Gasteiger partial charge < -0.3 is 4.74 Å². The molecule has 0 saturated heterocycles. The molecule has 4 heteroatoms. The number of pyridine rings is 1. The highest BCUT2D eigenvalue weighted by atomic mass is 35.5. The molecule has 3 nitrogen and oxygen atoms in total. The van der Waals surface area contributed by atoms with E-state index in [0.29, 0.717) is 0 Å². The van der Waals surface area contributed by atoms with Gasteiger partial charge in [-0.2, -0.15) is 0 Å². The molecule has 1 aromatic heterocycles. The van der Waals surface area contributed by atoms with Crippen molar-refractivity contribution in [2.75, 3.05) is 7.11 Å². The highest BCUT2D eigenvalue weighted by molar-refractivity contribution is 6.31. The maximum atomic E-state index is 9.59. The van der Waals surface area contributed by atoms with Crippen molar-refractivity contribution >= 4 is 17.6 Å². The molecule has 0 unspecified atom stereocenters. The van der Waals surface area contributed by atoms with E-state index in [2.05, 4.69) is 9.72 Å². The normalized spacial score (nSPS) is 8.31. The van der Waals surface area contributed by atoms with Gasteiger partial charge in [-0.1, -0.05) is 11.6 Å². The SMILES string of the molecule is COC(C)=O.Cc1ccncc1Cl.